The molecule has 2 aromatic rings. The van der Waals surface area contributed by atoms with Crippen LogP contribution in [0.1, 0.15) is 18.2 Å². The molecule has 5 heteroatoms. The van der Waals surface area contributed by atoms with E-state index in [2.05, 4.69) is 79.8 Å². The molecule has 0 aliphatic heterocycles. The molecule has 0 aliphatic carbocycles. The first-order valence-corrected chi connectivity index (χ1v) is 10.5. The zero-order valence-corrected chi connectivity index (χ0v) is 16.7. The largest absolute Gasteiger partial charge is 0.313 e. The predicted octanol–water partition coefficient (Wildman–Crippen LogP) is 5.98. The lowest BCUT2D eigenvalue weighted by atomic mass is 10.2. The van der Waals surface area contributed by atoms with E-state index in [1.807, 2.05) is 23.1 Å². The van der Waals surface area contributed by atoms with Gasteiger partial charge in [0.1, 0.15) is 0 Å². The molecule has 114 valence electrons. The van der Waals surface area contributed by atoms with Gasteiger partial charge in [-0.05, 0) is 71.0 Å². The van der Waals surface area contributed by atoms with Gasteiger partial charge in [-0.3, -0.25) is 0 Å². The van der Waals surface area contributed by atoms with Gasteiger partial charge < -0.3 is 5.32 Å². The lowest BCUT2D eigenvalue weighted by Gasteiger charge is -2.18. The van der Waals surface area contributed by atoms with Crippen molar-refractivity contribution in [1.29, 1.82) is 0 Å². The van der Waals surface area contributed by atoms with Crippen molar-refractivity contribution in [2.24, 2.45) is 0 Å². The number of thioether (sulfide) groups is 1. The molecule has 0 spiro atoms. The van der Waals surface area contributed by atoms with Crippen molar-refractivity contribution in [3.8, 4) is 0 Å². The van der Waals surface area contributed by atoms with E-state index in [-0.39, 0.29) is 0 Å². The van der Waals surface area contributed by atoms with Crippen LogP contribution in [0.25, 0.3) is 0 Å². The normalized spacial score (nSPS) is 12.5. The third kappa shape index (κ3) is 6.06. The van der Waals surface area contributed by atoms with E-state index in [4.69, 9.17) is 0 Å². The molecular formula is C16H19Br2NS2. The Bertz CT molecular complexity index is 539. The highest BCUT2D eigenvalue weighted by molar-refractivity contribution is 9.10. The first-order chi connectivity index (χ1) is 10.2. The van der Waals surface area contributed by atoms with Crippen LogP contribution in [-0.4, -0.2) is 18.3 Å². The van der Waals surface area contributed by atoms with E-state index in [0.717, 1.165) is 23.2 Å². The van der Waals surface area contributed by atoms with Gasteiger partial charge in [0.2, 0.25) is 0 Å². The van der Waals surface area contributed by atoms with Crippen molar-refractivity contribution in [2.75, 3.05) is 12.3 Å². The van der Waals surface area contributed by atoms with Crippen molar-refractivity contribution in [3.05, 3.63) is 49.5 Å². The van der Waals surface area contributed by atoms with E-state index in [1.165, 1.54) is 20.7 Å². The molecule has 2 rings (SSSR count). The van der Waals surface area contributed by atoms with Gasteiger partial charge in [0.15, 0.2) is 0 Å². The van der Waals surface area contributed by atoms with Crippen LogP contribution in [0.3, 0.4) is 0 Å². The van der Waals surface area contributed by atoms with Gasteiger partial charge in [0, 0.05) is 30.5 Å². The molecule has 1 heterocycles. The second-order valence-corrected chi connectivity index (χ2v) is 8.68. The number of rotatable bonds is 8. The zero-order valence-electron chi connectivity index (χ0n) is 11.9. The van der Waals surface area contributed by atoms with Crippen LogP contribution in [-0.2, 0) is 6.42 Å². The highest BCUT2D eigenvalue weighted by Crippen LogP contribution is 2.26. The maximum absolute atomic E-state index is 3.67. The van der Waals surface area contributed by atoms with E-state index < -0.39 is 0 Å². The van der Waals surface area contributed by atoms with Crippen molar-refractivity contribution in [1.82, 2.24) is 5.32 Å². The molecule has 1 aromatic heterocycles. The summed E-state index contributed by atoms with van der Waals surface area (Å²) in [5.74, 6) is 1.09. The molecule has 1 nitrogen and oxygen atoms in total. The molecule has 1 N–H and O–H groups in total. The Morgan fingerprint density at radius 3 is 2.57 bits per heavy atom. The third-order valence-corrected chi connectivity index (χ3v) is 6.72. The van der Waals surface area contributed by atoms with Gasteiger partial charge in [-0.1, -0.05) is 22.9 Å². The van der Waals surface area contributed by atoms with E-state index in [9.17, 15) is 0 Å². The minimum absolute atomic E-state index is 0.508. The minimum Gasteiger partial charge on any atom is -0.313 e. The SMILES string of the molecule is CCCNC(CSc1ccc(Br)cc1)Cc1sccc1Br. The topological polar surface area (TPSA) is 12.0 Å². The minimum atomic E-state index is 0.508. The van der Waals surface area contributed by atoms with Gasteiger partial charge in [-0.15, -0.1) is 23.1 Å². The number of benzene rings is 1. The summed E-state index contributed by atoms with van der Waals surface area (Å²) in [6.07, 6.45) is 2.26. The fraction of sp³-hybridized carbons (Fsp3) is 0.375. The maximum atomic E-state index is 3.67. The molecule has 0 radical (unpaired) electrons. The lowest BCUT2D eigenvalue weighted by molar-refractivity contribution is 0.552. The molecular weight excluding hydrogens is 430 g/mol. The maximum Gasteiger partial charge on any atom is 0.0314 e. The molecule has 0 saturated carbocycles. The summed E-state index contributed by atoms with van der Waals surface area (Å²) in [7, 11) is 0. The summed E-state index contributed by atoms with van der Waals surface area (Å²) in [4.78, 5) is 2.76. The van der Waals surface area contributed by atoms with Crippen LogP contribution in [0.15, 0.2) is 49.6 Å². The van der Waals surface area contributed by atoms with Crippen LogP contribution < -0.4 is 5.32 Å². The Kier molecular flexibility index (Phi) is 7.82. The fourth-order valence-electron chi connectivity index (χ4n) is 1.96. The molecule has 1 unspecified atom stereocenters. The molecule has 1 aromatic carbocycles. The molecule has 0 bridgehead atoms. The van der Waals surface area contributed by atoms with Crippen molar-refractivity contribution >= 4 is 55.0 Å². The quantitative estimate of drug-likeness (QED) is 0.498. The van der Waals surface area contributed by atoms with Crippen LogP contribution >= 0.6 is 55.0 Å². The number of halogens is 2. The number of hydrogen-bond acceptors (Lipinski definition) is 3. The molecule has 0 aliphatic rings. The Hall–Kier alpha value is 0.190. The second kappa shape index (κ2) is 9.36. The van der Waals surface area contributed by atoms with Gasteiger partial charge in [0.05, 0.1) is 0 Å². The standard InChI is InChI=1S/C16H19Br2NS2/c1-2-8-19-13(10-16-15(18)7-9-20-16)11-21-14-5-3-12(17)4-6-14/h3-7,9,13,19H,2,8,10-11H2,1H3. The van der Waals surface area contributed by atoms with E-state index >= 15 is 0 Å². The first-order valence-electron chi connectivity index (χ1n) is 7.02. The Morgan fingerprint density at radius 2 is 1.95 bits per heavy atom. The van der Waals surface area contributed by atoms with Gasteiger partial charge in [0.25, 0.3) is 0 Å². The van der Waals surface area contributed by atoms with Crippen LogP contribution in [0.5, 0.6) is 0 Å². The fourth-order valence-corrected chi connectivity index (χ4v) is 4.78. The highest BCUT2D eigenvalue weighted by Gasteiger charge is 2.12. The van der Waals surface area contributed by atoms with E-state index in [1.54, 1.807) is 0 Å². The van der Waals surface area contributed by atoms with Crippen molar-refractivity contribution in [3.63, 3.8) is 0 Å². The second-order valence-electron chi connectivity index (χ2n) is 4.81. The van der Waals surface area contributed by atoms with E-state index in [0.29, 0.717) is 6.04 Å². The average molecular weight is 449 g/mol. The molecule has 21 heavy (non-hydrogen) atoms. The summed E-state index contributed by atoms with van der Waals surface area (Å²) < 4.78 is 2.37. The molecule has 1 atom stereocenters. The summed E-state index contributed by atoms with van der Waals surface area (Å²) in [6, 6.07) is 11.2. The molecule has 0 amide bonds. The van der Waals surface area contributed by atoms with Gasteiger partial charge in [-0.2, -0.15) is 0 Å². The Morgan fingerprint density at radius 1 is 1.19 bits per heavy atom. The number of hydrogen-bond donors (Lipinski definition) is 1. The molecule has 0 saturated heterocycles. The molecule has 0 fully saturated rings. The zero-order chi connectivity index (χ0) is 15.1. The highest BCUT2D eigenvalue weighted by atomic mass is 79.9. The lowest BCUT2D eigenvalue weighted by Crippen LogP contribution is -2.33. The van der Waals surface area contributed by atoms with Crippen LogP contribution in [0.4, 0.5) is 0 Å². The van der Waals surface area contributed by atoms with Crippen LogP contribution in [0.2, 0.25) is 0 Å². The Balaban J connectivity index is 1.92. The monoisotopic (exact) mass is 447 g/mol. The summed E-state index contributed by atoms with van der Waals surface area (Å²) in [5.41, 5.74) is 0. The van der Waals surface area contributed by atoms with Crippen molar-refractivity contribution in [2.45, 2.75) is 30.7 Å². The summed E-state index contributed by atoms with van der Waals surface area (Å²) in [5, 5.41) is 5.82. The predicted molar refractivity (Wildman–Crippen MR) is 103 cm³/mol. The average Bonchev–Trinajstić information content (AvgIpc) is 2.89. The summed E-state index contributed by atoms with van der Waals surface area (Å²) in [6.45, 7) is 3.29. The van der Waals surface area contributed by atoms with Gasteiger partial charge >= 0.3 is 0 Å². The Labute approximate surface area is 152 Å². The van der Waals surface area contributed by atoms with Crippen LogP contribution in [0, 0.1) is 0 Å². The summed E-state index contributed by atoms with van der Waals surface area (Å²) >= 11 is 10.9. The van der Waals surface area contributed by atoms with Gasteiger partial charge in [-0.25, -0.2) is 0 Å². The van der Waals surface area contributed by atoms with Crippen molar-refractivity contribution < 1.29 is 0 Å². The first kappa shape index (κ1) is 17.5. The third-order valence-electron chi connectivity index (χ3n) is 3.07. The smallest absolute Gasteiger partial charge is 0.0314 e. The number of nitrogens with one attached hydrogen (secondary N) is 1. The number of thiophene rings is 1.